The van der Waals surface area contributed by atoms with Gasteiger partial charge < -0.3 is 10.6 Å². The second-order valence-electron chi connectivity index (χ2n) is 7.36. The first-order valence-electron chi connectivity index (χ1n) is 10.1. The van der Waals surface area contributed by atoms with E-state index in [0.717, 1.165) is 16.8 Å². The van der Waals surface area contributed by atoms with Crippen LogP contribution in [0.2, 0.25) is 10.0 Å². The van der Waals surface area contributed by atoms with Crippen molar-refractivity contribution in [3.05, 3.63) is 74.9 Å². The molecule has 1 heterocycles. The van der Waals surface area contributed by atoms with Crippen molar-refractivity contribution in [3.63, 3.8) is 0 Å². The average Bonchev–Trinajstić information content (AvgIpc) is 3.08. The maximum absolute atomic E-state index is 13.4. The summed E-state index contributed by atoms with van der Waals surface area (Å²) in [4.78, 5) is 4.32. The molecule has 0 saturated carbocycles. The zero-order chi connectivity index (χ0) is 26.0. The Labute approximate surface area is 206 Å². The molecule has 13 heteroatoms. The highest BCUT2D eigenvalue weighted by molar-refractivity contribution is 6.35. The van der Waals surface area contributed by atoms with Crippen LogP contribution in [0.5, 0.6) is 0 Å². The van der Waals surface area contributed by atoms with E-state index in [-0.39, 0.29) is 36.1 Å². The second-order valence-corrected chi connectivity index (χ2v) is 8.21. The lowest BCUT2D eigenvalue weighted by Gasteiger charge is -2.16. The van der Waals surface area contributed by atoms with Crippen molar-refractivity contribution in [3.8, 4) is 0 Å². The molecule has 3 rings (SSSR count). The zero-order valence-corrected chi connectivity index (χ0v) is 19.8. The van der Waals surface area contributed by atoms with Crippen molar-refractivity contribution in [2.75, 3.05) is 10.6 Å². The predicted octanol–water partition coefficient (Wildman–Crippen LogP) is 7.64. The van der Waals surface area contributed by atoms with Crippen LogP contribution in [0.3, 0.4) is 0 Å². The molecule has 35 heavy (non-hydrogen) atoms. The molecule has 3 aromatic rings. The second kappa shape index (κ2) is 10.4. The third-order valence-corrected chi connectivity index (χ3v) is 5.46. The highest BCUT2D eigenvalue weighted by Crippen LogP contribution is 2.34. The van der Waals surface area contributed by atoms with Crippen LogP contribution in [-0.4, -0.2) is 15.7 Å². The van der Waals surface area contributed by atoms with Crippen molar-refractivity contribution in [2.24, 2.45) is 4.99 Å². The number of alkyl halides is 6. The summed E-state index contributed by atoms with van der Waals surface area (Å²) in [5, 5.41) is 9.77. The molecule has 1 aromatic heterocycles. The molecule has 0 radical (unpaired) electrons. The number of guanidine groups is 1. The molecule has 0 aliphatic rings. The lowest BCUT2D eigenvalue weighted by molar-refractivity contribution is -0.142. The highest BCUT2D eigenvalue weighted by Gasteiger charge is 2.38. The third kappa shape index (κ3) is 6.61. The standard InChI is InChI=1S/C22H19Cl2F6N5/c1-3-35-19(12(2)18(34-35)22(28,29)30)33-20(31-11-13-7-8-15(23)10-17(13)24)32-16-6-4-5-14(9-16)21(25,26)27/h4-10H,3,11H2,1-2H3,(H2,31,32,33). The number of hydrogen-bond donors (Lipinski definition) is 2. The molecule has 0 aliphatic carbocycles. The van der Waals surface area contributed by atoms with E-state index in [1.165, 1.54) is 25.1 Å². The summed E-state index contributed by atoms with van der Waals surface area (Å²) in [6.07, 6.45) is -9.28. The average molecular weight is 538 g/mol. The first kappa shape index (κ1) is 26.7. The molecule has 0 fully saturated rings. The summed E-state index contributed by atoms with van der Waals surface area (Å²) < 4.78 is 80.7. The summed E-state index contributed by atoms with van der Waals surface area (Å²) in [6.45, 7) is 2.89. The molecule has 188 valence electrons. The van der Waals surface area contributed by atoms with Gasteiger partial charge in [-0.15, -0.1) is 0 Å². The van der Waals surface area contributed by atoms with E-state index in [1.54, 1.807) is 19.1 Å². The van der Waals surface area contributed by atoms with Crippen molar-refractivity contribution >= 4 is 40.7 Å². The molecule has 0 saturated heterocycles. The van der Waals surface area contributed by atoms with E-state index in [2.05, 4.69) is 20.7 Å². The van der Waals surface area contributed by atoms with Gasteiger partial charge in [0.1, 0.15) is 5.82 Å². The van der Waals surface area contributed by atoms with Gasteiger partial charge in [-0.25, -0.2) is 9.67 Å². The van der Waals surface area contributed by atoms with Gasteiger partial charge in [-0.2, -0.15) is 31.4 Å². The maximum Gasteiger partial charge on any atom is 0.435 e. The molecular formula is C22H19Cl2F6N5. The molecule has 5 nitrogen and oxygen atoms in total. The minimum Gasteiger partial charge on any atom is -0.326 e. The Balaban J connectivity index is 2.01. The van der Waals surface area contributed by atoms with Gasteiger partial charge in [-0.05, 0) is 49.7 Å². The van der Waals surface area contributed by atoms with Crippen molar-refractivity contribution in [1.29, 1.82) is 0 Å². The molecule has 0 amide bonds. The smallest absolute Gasteiger partial charge is 0.326 e. The number of nitrogens with one attached hydrogen (secondary N) is 2. The summed E-state index contributed by atoms with van der Waals surface area (Å²) in [7, 11) is 0. The van der Waals surface area contributed by atoms with Gasteiger partial charge in [-0.3, -0.25) is 0 Å². The number of nitrogens with zero attached hydrogens (tertiary/aromatic N) is 3. The first-order valence-corrected chi connectivity index (χ1v) is 10.9. The lowest BCUT2D eigenvalue weighted by atomic mass is 10.2. The van der Waals surface area contributed by atoms with Crippen molar-refractivity contribution in [1.82, 2.24) is 9.78 Å². The normalized spacial score (nSPS) is 12.7. The van der Waals surface area contributed by atoms with Gasteiger partial charge in [0.15, 0.2) is 5.69 Å². The Hall–Kier alpha value is -2.92. The Bertz CT molecular complexity index is 1230. The maximum atomic E-state index is 13.4. The van der Waals surface area contributed by atoms with Crippen LogP contribution in [-0.2, 0) is 25.4 Å². The number of benzene rings is 2. The summed E-state index contributed by atoms with van der Waals surface area (Å²) in [5.41, 5.74) is -1.62. The third-order valence-electron chi connectivity index (χ3n) is 4.87. The summed E-state index contributed by atoms with van der Waals surface area (Å²) in [5.74, 6) is -0.123. The Morgan fingerprint density at radius 1 is 1.00 bits per heavy atom. The van der Waals surface area contributed by atoms with Crippen molar-refractivity contribution in [2.45, 2.75) is 39.3 Å². The first-order chi connectivity index (χ1) is 16.3. The van der Waals surface area contributed by atoms with Crippen LogP contribution in [0.15, 0.2) is 47.5 Å². The van der Waals surface area contributed by atoms with Crippen LogP contribution < -0.4 is 10.6 Å². The quantitative estimate of drug-likeness (QED) is 0.200. The number of hydrogen-bond acceptors (Lipinski definition) is 2. The number of rotatable bonds is 5. The van der Waals surface area contributed by atoms with Gasteiger partial charge in [-0.1, -0.05) is 35.3 Å². The number of aliphatic imine (C=N–C) groups is 1. The van der Waals surface area contributed by atoms with E-state index < -0.39 is 23.6 Å². The van der Waals surface area contributed by atoms with Gasteiger partial charge in [0, 0.05) is 27.8 Å². The van der Waals surface area contributed by atoms with Crippen LogP contribution in [0.25, 0.3) is 0 Å². The Kier molecular flexibility index (Phi) is 7.90. The largest absolute Gasteiger partial charge is 0.435 e. The van der Waals surface area contributed by atoms with Crippen LogP contribution in [0, 0.1) is 6.92 Å². The van der Waals surface area contributed by atoms with Gasteiger partial charge >= 0.3 is 12.4 Å². The monoisotopic (exact) mass is 537 g/mol. The fourth-order valence-electron chi connectivity index (χ4n) is 3.15. The van der Waals surface area contributed by atoms with Crippen molar-refractivity contribution < 1.29 is 26.3 Å². The molecule has 0 bridgehead atoms. The number of halogens is 8. The molecule has 0 spiro atoms. The molecule has 0 aliphatic heterocycles. The summed E-state index contributed by atoms with van der Waals surface area (Å²) in [6, 6.07) is 9.01. The molecular weight excluding hydrogens is 519 g/mol. The van der Waals surface area contributed by atoms with Crippen LogP contribution in [0.4, 0.5) is 37.8 Å². The van der Waals surface area contributed by atoms with Gasteiger partial charge in [0.25, 0.3) is 0 Å². The van der Waals surface area contributed by atoms with E-state index in [4.69, 9.17) is 23.2 Å². The van der Waals surface area contributed by atoms with E-state index in [0.29, 0.717) is 15.6 Å². The fourth-order valence-corrected chi connectivity index (χ4v) is 3.62. The minimum atomic E-state index is -4.69. The zero-order valence-electron chi connectivity index (χ0n) is 18.3. The highest BCUT2D eigenvalue weighted by atomic mass is 35.5. The summed E-state index contributed by atoms with van der Waals surface area (Å²) >= 11 is 12.1. The van der Waals surface area contributed by atoms with E-state index in [1.807, 2.05) is 0 Å². The van der Waals surface area contributed by atoms with Crippen LogP contribution >= 0.6 is 23.2 Å². The topological polar surface area (TPSA) is 54.2 Å². The van der Waals surface area contributed by atoms with Gasteiger partial charge in [0.05, 0.1) is 12.1 Å². The number of aryl methyl sites for hydroxylation is 1. The molecule has 2 aromatic carbocycles. The van der Waals surface area contributed by atoms with E-state index in [9.17, 15) is 26.3 Å². The molecule has 0 atom stereocenters. The minimum absolute atomic E-state index is 0.0137. The van der Waals surface area contributed by atoms with Gasteiger partial charge in [0.2, 0.25) is 5.96 Å². The number of aromatic nitrogens is 2. The van der Waals surface area contributed by atoms with E-state index >= 15 is 0 Å². The fraction of sp³-hybridized carbons (Fsp3) is 0.273. The van der Waals surface area contributed by atoms with Crippen LogP contribution in [0.1, 0.15) is 29.3 Å². The molecule has 2 N–H and O–H groups in total. The Morgan fingerprint density at radius 2 is 1.71 bits per heavy atom. The number of anilines is 2. The SMILES string of the molecule is CCn1nc(C(F)(F)F)c(C)c1NC(=NCc1ccc(Cl)cc1Cl)Nc1cccc(C(F)(F)F)c1. The molecule has 0 unspecified atom stereocenters. The Morgan fingerprint density at radius 3 is 2.31 bits per heavy atom. The lowest BCUT2D eigenvalue weighted by Crippen LogP contribution is -2.25. The predicted molar refractivity (Wildman–Crippen MR) is 124 cm³/mol.